The highest BCUT2D eigenvalue weighted by molar-refractivity contribution is 9.09. The van der Waals surface area contributed by atoms with Crippen LogP contribution >= 0.6 is 15.9 Å². The molecule has 1 atom stereocenters. The molecule has 2 rings (SSSR count). The molecule has 0 aromatic heterocycles. The molecule has 0 heterocycles. The Balaban J connectivity index is 2.10. The predicted molar refractivity (Wildman–Crippen MR) is 81.3 cm³/mol. The van der Waals surface area contributed by atoms with Gasteiger partial charge >= 0.3 is 0 Å². The summed E-state index contributed by atoms with van der Waals surface area (Å²) in [5.74, 6) is 0.748. The fourth-order valence-electron chi connectivity index (χ4n) is 1.96. The standard InChI is InChI=1S/C16H16BrFO2/c1-19-13-6-3-11(4-7-13)9-14(17)12-5-8-16(20-2)15(18)10-12/h3-8,10,14H,9H2,1-2H3. The maximum absolute atomic E-state index is 13.7. The van der Waals surface area contributed by atoms with E-state index >= 15 is 0 Å². The van der Waals surface area contributed by atoms with E-state index in [-0.39, 0.29) is 16.4 Å². The van der Waals surface area contributed by atoms with E-state index in [1.54, 1.807) is 13.2 Å². The molecule has 2 aromatic rings. The molecule has 20 heavy (non-hydrogen) atoms. The van der Waals surface area contributed by atoms with Crippen molar-refractivity contribution in [1.82, 2.24) is 0 Å². The molecule has 0 saturated carbocycles. The molecule has 0 aliphatic rings. The number of methoxy groups -OCH3 is 2. The van der Waals surface area contributed by atoms with Gasteiger partial charge in [0.1, 0.15) is 5.75 Å². The molecule has 4 heteroatoms. The smallest absolute Gasteiger partial charge is 0.165 e. The van der Waals surface area contributed by atoms with E-state index in [0.29, 0.717) is 0 Å². The fraction of sp³-hybridized carbons (Fsp3) is 0.250. The molecule has 0 aliphatic heterocycles. The van der Waals surface area contributed by atoms with Crippen LogP contribution in [-0.2, 0) is 6.42 Å². The molecule has 0 fully saturated rings. The Bertz CT molecular complexity index is 569. The topological polar surface area (TPSA) is 18.5 Å². The van der Waals surface area contributed by atoms with Gasteiger partial charge in [0.25, 0.3) is 0 Å². The monoisotopic (exact) mass is 338 g/mol. The second kappa shape index (κ2) is 6.75. The van der Waals surface area contributed by atoms with Gasteiger partial charge in [-0.15, -0.1) is 0 Å². The lowest BCUT2D eigenvalue weighted by molar-refractivity contribution is 0.386. The van der Waals surface area contributed by atoms with E-state index in [2.05, 4.69) is 15.9 Å². The minimum Gasteiger partial charge on any atom is -0.497 e. The van der Waals surface area contributed by atoms with Crippen molar-refractivity contribution in [3.63, 3.8) is 0 Å². The third kappa shape index (κ3) is 3.51. The molecule has 0 aliphatic carbocycles. The summed E-state index contributed by atoms with van der Waals surface area (Å²) in [5, 5.41) is 0. The Hall–Kier alpha value is -1.55. The van der Waals surface area contributed by atoms with E-state index in [9.17, 15) is 4.39 Å². The van der Waals surface area contributed by atoms with E-state index < -0.39 is 0 Å². The molecule has 106 valence electrons. The van der Waals surface area contributed by atoms with Gasteiger partial charge in [0.2, 0.25) is 0 Å². The van der Waals surface area contributed by atoms with E-state index in [1.807, 2.05) is 30.3 Å². The lowest BCUT2D eigenvalue weighted by Crippen LogP contribution is -1.97. The minimum atomic E-state index is -0.343. The van der Waals surface area contributed by atoms with Crippen LogP contribution < -0.4 is 9.47 Å². The van der Waals surface area contributed by atoms with Gasteiger partial charge in [0.15, 0.2) is 11.6 Å². The first-order chi connectivity index (χ1) is 9.63. The number of hydrogen-bond acceptors (Lipinski definition) is 2. The summed E-state index contributed by atoms with van der Waals surface area (Å²) in [6.07, 6.45) is 0.774. The van der Waals surface area contributed by atoms with Crippen LogP contribution in [0.4, 0.5) is 4.39 Å². The number of halogens is 2. The van der Waals surface area contributed by atoms with Gasteiger partial charge in [-0.3, -0.25) is 0 Å². The minimum absolute atomic E-state index is 0.0521. The quantitative estimate of drug-likeness (QED) is 0.746. The van der Waals surface area contributed by atoms with E-state index in [1.165, 1.54) is 13.2 Å². The van der Waals surface area contributed by atoms with Crippen LogP contribution in [0.2, 0.25) is 0 Å². The average molecular weight is 339 g/mol. The first-order valence-corrected chi connectivity index (χ1v) is 7.16. The first-order valence-electron chi connectivity index (χ1n) is 6.24. The van der Waals surface area contributed by atoms with Gasteiger partial charge < -0.3 is 9.47 Å². The van der Waals surface area contributed by atoms with Gasteiger partial charge in [-0.1, -0.05) is 34.1 Å². The van der Waals surface area contributed by atoms with E-state index in [0.717, 1.165) is 23.3 Å². The molecule has 0 saturated heterocycles. The molecule has 0 N–H and O–H groups in total. The summed E-state index contributed by atoms with van der Waals surface area (Å²) < 4.78 is 23.7. The Morgan fingerprint density at radius 2 is 1.75 bits per heavy atom. The molecule has 2 aromatic carbocycles. The van der Waals surface area contributed by atoms with Gasteiger partial charge in [-0.2, -0.15) is 0 Å². The lowest BCUT2D eigenvalue weighted by Gasteiger charge is -2.12. The van der Waals surface area contributed by atoms with Crippen LogP contribution in [0.3, 0.4) is 0 Å². The maximum Gasteiger partial charge on any atom is 0.165 e. The number of alkyl halides is 1. The lowest BCUT2D eigenvalue weighted by atomic mass is 10.0. The highest BCUT2D eigenvalue weighted by Crippen LogP contribution is 2.30. The van der Waals surface area contributed by atoms with E-state index in [4.69, 9.17) is 9.47 Å². The van der Waals surface area contributed by atoms with Gasteiger partial charge in [0, 0.05) is 4.83 Å². The molecule has 0 bridgehead atoms. The van der Waals surface area contributed by atoms with Gasteiger partial charge in [-0.25, -0.2) is 4.39 Å². The molecule has 0 radical (unpaired) electrons. The van der Waals surface area contributed by atoms with Gasteiger partial charge in [0.05, 0.1) is 14.2 Å². The van der Waals surface area contributed by atoms with Crippen LogP contribution in [0, 0.1) is 5.82 Å². The van der Waals surface area contributed by atoms with Crippen LogP contribution in [0.5, 0.6) is 11.5 Å². The van der Waals surface area contributed by atoms with Crippen molar-refractivity contribution in [2.45, 2.75) is 11.2 Å². The number of rotatable bonds is 5. The fourth-order valence-corrected chi connectivity index (χ4v) is 2.62. The largest absolute Gasteiger partial charge is 0.497 e. The van der Waals surface area contributed by atoms with Crippen LogP contribution in [0.15, 0.2) is 42.5 Å². The Labute approximate surface area is 126 Å². The van der Waals surface area contributed by atoms with Crippen molar-refractivity contribution in [3.8, 4) is 11.5 Å². The van der Waals surface area contributed by atoms with Crippen LogP contribution in [0.1, 0.15) is 16.0 Å². The zero-order valence-corrected chi connectivity index (χ0v) is 13.0. The molecular formula is C16H16BrFO2. The summed E-state index contributed by atoms with van der Waals surface area (Å²) in [4.78, 5) is 0.0521. The highest BCUT2D eigenvalue weighted by atomic mass is 79.9. The van der Waals surface area contributed by atoms with Crippen molar-refractivity contribution < 1.29 is 13.9 Å². The maximum atomic E-state index is 13.7. The Kier molecular flexibility index (Phi) is 5.01. The van der Waals surface area contributed by atoms with Crippen molar-refractivity contribution in [2.24, 2.45) is 0 Å². The van der Waals surface area contributed by atoms with Crippen molar-refractivity contribution in [2.75, 3.05) is 14.2 Å². The van der Waals surface area contributed by atoms with Gasteiger partial charge in [-0.05, 0) is 41.8 Å². The van der Waals surface area contributed by atoms with Crippen molar-refractivity contribution >= 4 is 15.9 Å². The number of benzene rings is 2. The first kappa shape index (κ1) is 14.9. The van der Waals surface area contributed by atoms with Crippen LogP contribution in [0.25, 0.3) is 0 Å². The zero-order chi connectivity index (χ0) is 14.5. The highest BCUT2D eigenvalue weighted by Gasteiger charge is 2.12. The van der Waals surface area contributed by atoms with Crippen molar-refractivity contribution in [3.05, 3.63) is 59.4 Å². The normalized spacial score (nSPS) is 12.0. The predicted octanol–water partition coefficient (Wildman–Crippen LogP) is 4.52. The zero-order valence-electron chi connectivity index (χ0n) is 11.4. The Morgan fingerprint density at radius 3 is 2.30 bits per heavy atom. The Morgan fingerprint density at radius 1 is 1.05 bits per heavy atom. The molecular weight excluding hydrogens is 323 g/mol. The summed E-state index contributed by atoms with van der Waals surface area (Å²) in [6.45, 7) is 0. The summed E-state index contributed by atoms with van der Waals surface area (Å²) in [6, 6.07) is 12.9. The molecule has 2 nitrogen and oxygen atoms in total. The van der Waals surface area contributed by atoms with Crippen molar-refractivity contribution in [1.29, 1.82) is 0 Å². The number of hydrogen-bond donors (Lipinski definition) is 0. The molecule has 0 amide bonds. The van der Waals surface area contributed by atoms with Crippen LogP contribution in [-0.4, -0.2) is 14.2 Å². The summed E-state index contributed by atoms with van der Waals surface area (Å²) >= 11 is 3.60. The summed E-state index contributed by atoms with van der Waals surface area (Å²) in [7, 11) is 3.10. The second-order valence-corrected chi connectivity index (χ2v) is 5.52. The SMILES string of the molecule is COc1ccc(CC(Br)c2ccc(OC)c(F)c2)cc1. The molecule has 1 unspecified atom stereocenters. The third-order valence-electron chi connectivity index (χ3n) is 3.11. The average Bonchev–Trinajstić information content (AvgIpc) is 2.48. The summed E-state index contributed by atoms with van der Waals surface area (Å²) in [5.41, 5.74) is 2.04. The molecule has 0 spiro atoms. The second-order valence-electron chi connectivity index (χ2n) is 4.41. The third-order valence-corrected chi connectivity index (χ3v) is 3.96. The number of ether oxygens (including phenoxy) is 2.